The molecule has 0 spiro atoms. The normalized spacial score (nSPS) is 20.1. The summed E-state index contributed by atoms with van der Waals surface area (Å²) < 4.78 is 0.764. The van der Waals surface area contributed by atoms with Gasteiger partial charge in [0.15, 0.2) is 0 Å². The predicted octanol–water partition coefficient (Wildman–Crippen LogP) is 4.33. The van der Waals surface area contributed by atoms with Gasteiger partial charge in [-0.15, -0.1) is 11.3 Å². The molecule has 1 saturated heterocycles. The first-order valence-electron chi connectivity index (χ1n) is 9.54. The minimum Gasteiger partial charge on any atom is -0.398 e. The molecule has 150 valence electrons. The standard InChI is InChI=1S/C22H23ClN4OS/c1-22(9-2-3-16-5-7-20(23)29-16)21(28)27(12-11-26-22)14-15-4-6-17-18(24)8-10-25-19(17)13-15/h2-8,10,13,26H,9,11-12,14H2,1H3,(H2,24,25). The number of hydrogen-bond donors (Lipinski definition) is 2. The van der Waals surface area contributed by atoms with E-state index in [9.17, 15) is 4.79 Å². The Morgan fingerprint density at radius 1 is 1.34 bits per heavy atom. The number of halogens is 1. The van der Waals surface area contributed by atoms with Gasteiger partial charge in [-0.25, -0.2) is 0 Å². The number of pyridine rings is 1. The molecule has 3 heterocycles. The van der Waals surface area contributed by atoms with Gasteiger partial charge in [0.2, 0.25) is 5.91 Å². The number of benzene rings is 1. The summed E-state index contributed by atoms with van der Waals surface area (Å²) in [6.45, 7) is 3.98. The molecule has 1 aliphatic rings. The minimum absolute atomic E-state index is 0.109. The van der Waals surface area contributed by atoms with E-state index in [-0.39, 0.29) is 5.91 Å². The zero-order valence-electron chi connectivity index (χ0n) is 16.2. The zero-order valence-corrected chi connectivity index (χ0v) is 17.8. The molecule has 1 unspecified atom stereocenters. The Morgan fingerprint density at radius 2 is 2.21 bits per heavy atom. The number of fused-ring (bicyclic) bond motifs is 1. The third kappa shape index (κ3) is 4.29. The Morgan fingerprint density at radius 3 is 3.00 bits per heavy atom. The first-order chi connectivity index (χ1) is 13.9. The fourth-order valence-electron chi connectivity index (χ4n) is 3.67. The van der Waals surface area contributed by atoms with E-state index in [1.807, 2.05) is 54.3 Å². The maximum absolute atomic E-state index is 13.2. The smallest absolute Gasteiger partial charge is 0.243 e. The summed E-state index contributed by atoms with van der Waals surface area (Å²) in [7, 11) is 0. The molecular formula is C22H23ClN4OS. The van der Waals surface area contributed by atoms with E-state index in [0.29, 0.717) is 25.2 Å². The lowest BCUT2D eigenvalue weighted by molar-refractivity contribution is -0.141. The van der Waals surface area contributed by atoms with Crippen LogP contribution >= 0.6 is 22.9 Å². The number of aromatic nitrogens is 1. The second-order valence-corrected chi connectivity index (χ2v) is 9.23. The third-order valence-corrected chi connectivity index (χ3v) is 6.47. The van der Waals surface area contributed by atoms with Crippen LogP contribution in [0.15, 0.2) is 48.7 Å². The van der Waals surface area contributed by atoms with Crippen LogP contribution in [0.1, 0.15) is 23.8 Å². The number of rotatable bonds is 5. The van der Waals surface area contributed by atoms with Crippen molar-refractivity contribution in [1.29, 1.82) is 0 Å². The van der Waals surface area contributed by atoms with Crippen molar-refractivity contribution in [2.45, 2.75) is 25.4 Å². The van der Waals surface area contributed by atoms with E-state index in [2.05, 4.69) is 10.3 Å². The molecular weight excluding hydrogens is 404 g/mol. The molecule has 1 aliphatic heterocycles. The van der Waals surface area contributed by atoms with Crippen LogP contribution in [0.2, 0.25) is 4.34 Å². The van der Waals surface area contributed by atoms with Gasteiger partial charge in [-0.05, 0) is 49.2 Å². The largest absolute Gasteiger partial charge is 0.398 e. The third-order valence-electron chi connectivity index (χ3n) is 5.27. The van der Waals surface area contributed by atoms with Crippen molar-refractivity contribution >= 4 is 51.5 Å². The maximum Gasteiger partial charge on any atom is 0.243 e. The molecule has 1 fully saturated rings. The van der Waals surface area contributed by atoms with Crippen molar-refractivity contribution in [3.63, 3.8) is 0 Å². The Kier molecular flexibility index (Phi) is 5.58. The van der Waals surface area contributed by atoms with Gasteiger partial charge in [0.1, 0.15) is 0 Å². The molecule has 2 aromatic heterocycles. The van der Waals surface area contributed by atoms with Crippen molar-refractivity contribution in [2.75, 3.05) is 18.8 Å². The molecule has 0 aliphatic carbocycles. The second kappa shape index (κ2) is 8.14. The molecule has 4 rings (SSSR count). The van der Waals surface area contributed by atoms with Crippen LogP contribution in [0.3, 0.4) is 0 Å². The molecule has 0 saturated carbocycles. The molecule has 5 nitrogen and oxygen atoms in total. The summed E-state index contributed by atoms with van der Waals surface area (Å²) in [4.78, 5) is 20.6. The number of amides is 1. The SMILES string of the molecule is CC1(CC=Cc2ccc(Cl)s2)NCCN(Cc2ccc3c(N)ccnc3c2)C1=O. The molecule has 1 atom stereocenters. The number of carbonyl (C=O) groups is 1. The molecule has 0 bridgehead atoms. The number of hydrogen-bond acceptors (Lipinski definition) is 5. The van der Waals surface area contributed by atoms with Crippen molar-refractivity contribution in [1.82, 2.24) is 15.2 Å². The number of piperazine rings is 1. The minimum atomic E-state index is -0.616. The van der Waals surface area contributed by atoms with E-state index in [1.54, 1.807) is 12.3 Å². The summed E-state index contributed by atoms with van der Waals surface area (Å²) in [5, 5.41) is 4.33. The highest BCUT2D eigenvalue weighted by atomic mass is 35.5. The summed E-state index contributed by atoms with van der Waals surface area (Å²) in [5.41, 5.74) is 8.02. The van der Waals surface area contributed by atoms with Gasteiger partial charge in [-0.2, -0.15) is 0 Å². The van der Waals surface area contributed by atoms with E-state index >= 15 is 0 Å². The number of anilines is 1. The highest BCUT2D eigenvalue weighted by Gasteiger charge is 2.38. The highest BCUT2D eigenvalue weighted by Crippen LogP contribution is 2.25. The molecule has 1 aromatic carbocycles. The Hall–Kier alpha value is -2.41. The first-order valence-corrected chi connectivity index (χ1v) is 10.7. The van der Waals surface area contributed by atoms with Gasteiger partial charge in [0.05, 0.1) is 15.4 Å². The average molecular weight is 427 g/mol. The lowest BCUT2D eigenvalue weighted by atomic mass is 9.93. The topological polar surface area (TPSA) is 71.2 Å². The van der Waals surface area contributed by atoms with Crippen LogP contribution in [0.4, 0.5) is 5.69 Å². The van der Waals surface area contributed by atoms with Crippen LogP contribution in [-0.2, 0) is 11.3 Å². The Bertz CT molecular complexity index is 1080. The van der Waals surface area contributed by atoms with E-state index in [4.69, 9.17) is 17.3 Å². The zero-order chi connectivity index (χ0) is 20.4. The number of nitrogens with two attached hydrogens (primary N) is 1. The summed E-state index contributed by atoms with van der Waals surface area (Å²) in [6, 6.07) is 11.7. The Balaban J connectivity index is 1.47. The predicted molar refractivity (Wildman–Crippen MR) is 121 cm³/mol. The van der Waals surface area contributed by atoms with Crippen molar-refractivity contribution in [3.05, 3.63) is 63.4 Å². The molecule has 7 heteroatoms. The van der Waals surface area contributed by atoms with Crippen LogP contribution in [0.25, 0.3) is 17.0 Å². The fourth-order valence-corrected chi connectivity index (χ4v) is 4.66. The molecule has 3 N–H and O–H groups in total. The Labute approximate surface area is 179 Å². The lowest BCUT2D eigenvalue weighted by Gasteiger charge is -2.40. The number of nitrogens with one attached hydrogen (secondary N) is 1. The summed E-state index contributed by atoms with van der Waals surface area (Å²) >= 11 is 7.51. The average Bonchev–Trinajstić information content (AvgIpc) is 3.11. The monoisotopic (exact) mass is 426 g/mol. The van der Waals surface area contributed by atoms with Crippen molar-refractivity contribution in [2.24, 2.45) is 0 Å². The van der Waals surface area contributed by atoms with E-state index in [0.717, 1.165) is 32.2 Å². The molecule has 1 amide bonds. The van der Waals surface area contributed by atoms with Crippen molar-refractivity contribution in [3.8, 4) is 0 Å². The lowest BCUT2D eigenvalue weighted by Crippen LogP contribution is -2.62. The first kappa shape index (κ1) is 19.9. The number of carbonyl (C=O) groups excluding carboxylic acids is 1. The summed E-state index contributed by atoms with van der Waals surface area (Å²) in [5.74, 6) is 0.109. The van der Waals surface area contributed by atoms with Gasteiger partial charge < -0.3 is 16.0 Å². The van der Waals surface area contributed by atoms with Crippen molar-refractivity contribution < 1.29 is 4.79 Å². The summed E-state index contributed by atoms with van der Waals surface area (Å²) in [6.07, 6.45) is 6.39. The quantitative estimate of drug-likeness (QED) is 0.637. The molecule has 29 heavy (non-hydrogen) atoms. The molecule has 3 aromatic rings. The van der Waals surface area contributed by atoms with Gasteiger partial charge in [-0.1, -0.05) is 29.8 Å². The molecule has 0 radical (unpaired) electrons. The van der Waals surface area contributed by atoms with Crippen LogP contribution < -0.4 is 11.1 Å². The van der Waals surface area contributed by atoms with Gasteiger partial charge in [0, 0.05) is 41.8 Å². The van der Waals surface area contributed by atoms with Gasteiger partial charge in [-0.3, -0.25) is 9.78 Å². The van der Waals surface area contributed by atoms with Gasteiger partial charge >= 0.3 is 0 Å². The van der Waals surface area contributed by atoms with Crippen LogP contribution in [-0.4, -0.2) is 34.4 Å². The highest BCUT2D eigenvalue weighted by molar-refractivity contribution is 7.16. The fraction of sp³-hybridized carbons (Fsp3) is 0.273. The maximum atomic E-state index is 13.2. The van der Waals surface area contributed by atoms with Crippen LogP contribution in [0.5, 0.6) is 0 Å². The number of nitrogens with zero attached hydrogens (tertiary/aromatic N) is 2. The van der Waals surface area contributed by atoms with Crippen LogP contribution in [0, 0.1) is 0 Å². The number of thiophene rings is 1. The van der Waals surface area contributed by atoms with E-state index < -0.39 is 5.54 Å². The number of nitrogen functional groups attached to an aromatic ring is 1. The van der Waals surface area contributed by atoms with E-state index in [1.165, 1.54) is 11.3 Å². The second-order valence-electron chi connectivity index (χ2n) is 7.49. The van der Waals surface area contributed by atoms with Gasteiger partial charge in [0.25, 0.3) is 0 Å².